The van der Waals surface area contributed by atoms with Crippen LogP contribution in [0.2, 0.25) is 0 Å². The number of hydrogen-bond acceptors (Lipinski definition) is 3. The van der Waals surface area contributed by atoms with E-state index in [-0.39, 0.29) is 11.5 Å². The van der Waals surface area contributed by atoms with Gasteiger partial charge < -0.3 is 10.4 Å². The highest BCUT2D eigenvalue weighted by Crippen LogP contribution is 2.21. The molecule has 0 heterocycles. The molecule has 2 aromatic rings. The zero-order chi connectivity index (χ0) is 13.7. The van der Waals surface area contributed by atoms with E-state index >= 15 is 0 Å². The van der Waals surface area contributed by atoms with E-state index in [1.807, 2.05) is 19.1 Å². The molecule has 0 aliphatic carbocycles. The lowest BCUT2D eigenvalue weighted by Crippen LogP contribution is -1.96. The zero-order valence-electron chi connectivity index (χ0n) is 10.6. The van der Waals surface area contributed by atoms with Crippen LogP contribution in [0.4, 0.5) is 5.69 Å². The molecule has 0 amide bonds. The van der Waals surface area contributed by atoms with Crippen LogP contribution in [-0.4, -0.2) is 10.9 Å². The van der Waals surface area contributed by atoms with E-state index in [2.05, 4.69) is 5.32 Å². The van der Waals surface area contributed by atoms with E-state index in [9.17, 15) is 9.90 Å². The van der Waals surface area contributed by atoms with Crippen molar-refractivity contribution < 1.29 is 9.90 Å². The number of carbonyl (C=O) groups excluding carboxylic acids is 1. The lowest BCUT2D eigenvalue weighted by molar-refractivity contribution is 0.104. The third-order valence-electron chi connectivity index (χ3n) is 2.71. The van der Waals surface area contributed by atoms with Crippen LogP contribution in [0.25, 0.3) is 0 Å². The van der Waals surface area contributed by atoms with Gasteiger partial charge in [-0.2, -0.15) is 0 Å². The molecule has 3 heteroatoms. The number of rotatable bonds is 4. The molecule has 0 atom stereocenters. The third kappa shape index (κ3) is 3.45. The minimum Gasteiger partial charge on any atom is -0.506 e. The topological polar surface area (TPSA) is 49.3 Å². The van der Waals surface area contributed by atoms with Gasteiger partial charge in [-0.15, -0.1) is 0 Å². The highest BCUT2D eigenvalue weighted by atomic mass is 16.3. The monoisotopic (exact) mass is 253 g/mol. The van der Waals surface area contributed by atoms with Gasteiger partial charge in [0.2, 0.25) is 0 Å². The Morgan fingerprint density at radius 2 is 1.79 bits per heavy atom. The predicted molar refractivity (Wildman–Crippen MR) is 76.4 cm³/mol. The SMILES string of the molecule is Cc1ccc(C(=O)C=CNc2ccccc2O)cc1. The molecule has 0 radical (unpaired) electrons. The lowest BCUT2D eigenvalue weighted by atomic mass is 10.1. The Morgan fingerprint density at radius 1 is 1.11 bits per heavy atom. The number of aromatic hydroxyl groups is 1. The molecule has 2 aromatic carbocycles. The first-order valence-electron chi connectivity index (χ1n) is 5.99. The molecule has 0 spiro atoms. The van der Waals surface area contributed by atoms with Gasteiger partial charge in [-0.3, -0.25) is 4.79 Å². The Labute approximate surface area is 112 Å². The van der Waals surface area contributed by atoms with E-state index in [0.29, 0.717) is 11.3 Å². The fraction of sp³-hybridized carbons (Fsp3) is 0.0625. The Bertz CT molecular complexity index is 600. The smallest absolute Gasteiger partial charge is 0.187 e. The van der Waals surface area contributed by atoms with Gasteiger partial charge in [0.05, 0.1) is 5.69 Å². The molecule has 2 rings (SSSR count). The number of phenols is 1. The average molecular weight is 253 g/mol. The van der Waals surface area contributed by atoms with Crippen LogP contribution in [0.1, 0.15) is 15.9 Å². The summed E-state index contributed by atoms with van der Waals surface area (Å²) >= 11 is 0. The molecule has 0 aromatic heterocycles. The number of benzene rings is 2. The molecule has 0 saturated carbocycles. The maximum absolute atomic E-state index is 11.8. The second-order valence-corrected chi connectivity index (χ2v) is 4.23. The molecule has 0 unspecified atom stereocenters. The van der Waals surface area contributed by atoms with Gasteiger partial charge in [0.25, 0.3) is 0 Å². The van der Waals surface area contributed by atoms with Gasteiger partial charge in [0, 0.05) is 17.8 Å². The molecule has 96 valence electrons. The minimum atomic E-state index is -0.0806. The second-order valence-electron chi connectivity index (χ2n) is 4.23. The average Bonchev–Trinajstić information content (AvgIpc) is 2.41. The van der Waals surface area contributed by atoms with Gasteiger partial charge >= 0.3 is 0 Å². The fourth-order valence-corrected chi connectivity index (χ4v) is 1.62. The van der Waals surface area contributed by atoms with Crippen molar-refractivity contribution in [3.05, 3.63) is 71.9 Å². The van der Waals surface area contributed by atoms with Gasteiger partial charge in [0.15, 0.2) is 5.78 Å². The standard InChI is InChI=1S/C16H15NO2/c1-12-6-8-13(9-7-12)15(18)10-11-17-14-4-2-3-5-16(14)19/h2-11,17,19H,1H3. The summed E-state index contributed by atoms with van der Waals surface area (Å²) in [5.41, 5.74) is 2.32. The summed E-state index contributed by atoms with van der Waals surface area (Å²) in [5.74, 6) is 0.0675. The van der Waals surface area contributed by atoms with Crippen molar-refractivity contribution in [2.24, 2.45) is 0 Å². The molecule has 3 nitrogen and oxygen atoms in total. The van der Waals surface area contributed by atoms with Crippen LogP contribution in [0.15, 0.2) is 60.8 Å². The van der Waals surface area contributed by atoms with Crippen LogP contribution in [0.3, 0.4) is 0 Å². The highest BCUT2D eigenvalue weighted by Gasteiger charge is 2.00. The molecule has 0 aliphatic rings. The van der Waals surface area contributed by atoms with Crippen molar-refractivity contribution in [1.29, 1.82) is 0 Å². The molecule has 0 aliphatic heterocycles. The van der Waals surface area contributed by atoms with E-state index < -0.39 is 0 Å². The molecule has 0 bridgehead atoms. The lowest BCUT2D eigenvalue weighted by Gasteiger charge is -2.02. The molecule has 0 saturated heterocycles. The Balaban J connectivity index is 2.01. The minimum absolute atomic E-state index is 0.0806. The number of ketones is 1. The molecule has 2 N–H and O–H groups in total. The van der Waals surface area contributed by atoms with Crippen LogP contribution < -0.4 is 5.32 Å². The number of carbonyl (C=O) groups is 1. The summed E-state index contributed by atoms with van der Waals surface area (Å²) in [6.45, 7) is 1.98. The summed E-state index contributed by atoms with van der Waals surface area (Å²) in [4.78, 5) is 11.8. The number of aryl methyl sites for hydroxylation is 1. The van der Waals surface area contributed by atoms with Crippen molar-refractivity contribution in [3.8, 4) is 5.75 Å². The summed E-state index contributed by atoms with van der Waals surface area (Å²) in [7, 11) is 0. The summed E-state index contributed by atoms with van der Waals surface area (Å²) in [6, 6.07) is 14.2. The van der Waals surface area contributed by atoms with Gasteiger partial charge in [-0.05, 0) is 19.1 Å². The fourth-order valence-electron chi connectivity index (χ4n) is 1.62. The first-order chi connectivity index (χ1) is 9.16. The number of phenolic OH excluding ortho intramolecular Hbond substituents is 1. The van der Waals surface area contributed by atoms with Crippen LogP contribution in [0, 0.1) is 6.92 Å². The highest BCUT2D eigenvalue weighted by molar-refractivity contribution is 6.04. The van der Waals surface area contributed by atoms with Gasteiger partial charge in [-0.25, -0.2) is 0 Å². The first kappa shape index (κ1) is 12.9. The Hall–Kier alpha value is -2.55. The van der Waals surface area contributed by atoms with Crippen molar-refractivity contribution in [2.45, 2.75) is 6.92 Å². The number of para-hydroxylation sites is 2. The predicted octanol–water partition coefficient (Wildman–Crippen LogP) is 3.51. The van der Waals surface area contributed by atoms with E-state index in [0.717, 1.165) is 5.56 Å². The van der Waals surface area contributed by atoms with Crippen molar-refractivity contribution in [1.82, 2.24) is 0 Å². The van der Waals surface area contributed by atoms with Crippen LogP contribution >= 0.6 is 0 Å². The maximum Gasteiger partial charge on any atom is 0.187 e. The van der Waals surface area contributed by atoms with Crippen LogP contribution in [0.5, 0.6) is 5.75 Å². The summed E-state index contributed by atoms with van der Waals surface area (Å²) < 4.78 is 0. The first-order valence-corrected chi connectivity index (χ1v) is 5.99. The number of hydrogen-bond donors (Lipinski definition) is 2. The normalized spacial score (nSPS) is 10.6. The third-order valence-corrected chi connectivity index (χ3v) is 2.71. The Kier molecular flexibility index (Phi) is 3.98. The van der Waals surface area contributed by atoms with Crippen molar-refractivity contribution in [2.75, 3.05) is 5.32 Å². The Morgan fingerprint density at radius 3 is 2.47 bits per heavy atom. The number of nitrogens with one attached hydrogen (secondary N) is 1. The zero-order valence-corrected chi connectivity index (χ0v) is 10.6. The van der Waals surface area contributed by atoms with E-state index in [1.165, 1.54) is 12.3 Å². The van der Waals surface area contributed by atoms with Gasteiger partial charge in [-0.1, -0.05) is 42.0 Å². The van der Waals surface area contributed by atoms with Crippen molar-refractivity contribution in [3.63, 3.8) is 0 Å². The summed E-state index contributed by atoms with van der Waals surface area (Å²) in [5, 5.41) is 12.4. The largest absolute Gasteiger partial charge is 0.506 e. The molecule has 0 fully saturated rings. The van der Waals surface area contributed by atoms with Crippen LogP contribution in [-0.2, 0) is 0 Å². The van der Waals surface area contributed by atoms with E-state index in [1.54, 1.807) is 36.4 Å². The second kappa shape index (κ2) is 5.87. The summed E-state index contributed by atoms with van der Waals surface area (Å²) in [6.07, 6.45) is 2.97. The molecule has 19 heavy (non-hydrogen) atoms. The maximum atomic E-state index is 11.8. The molecular formula is C16H15NO2. The quantitative estimate of drug-likeness (QED) is 0.498. The number of anilines is 1. The molecular weight excluding hydrogens is 238 g/mol. The number of allylic oxidation sites excluding steroid dienone is 1. The van der Waals surface area contributed by atoms with Gasteiger partial charge in [0.1, 0.15) is 5.75 Å². The van der Waals surface area contributed by atoms with E-state index in [4.69, 9.17) is 0 Å². The van der Waals surface area contributed by atoms with Crippen molar-refractivity contribution >= 4 is 11.5 Å².